The number of rotatable bonds is 5. The zero-order valence-electron chi connectivity index (χ0n) is 10.8. The van der Waals surface area contributed by atoms with Gasteiger partial charge in [-0.1, -0.05) is 12.1 Å². The summed E-state index contributed by atoms with van der Waals surface area (Å²) < 4.78 is 40.3. The van der Waals surface area contributed by atoms with Gasteiger partial charge in [0.05, 0.1) is 0 Å². The maximum Gasteiger partial charge on any atom is 0.250 e. The third-order valence-electron chi connectivity index (χ3n) is 2.78. The Morgan fingerprint density at radius 1 is 1.35 bits per heavy atom. The summed E-state index contributed by atoms with van der Waals surface area (Å²) in [6.07, 6.45) is 0. The van der Waals surface area contributed by atoms with Crippen molar-refractivity contribution in [1.29, 1.82) is 0 Å². The Hall–Kier alpha value is -1.28. The fourth-order valence-electron chi connectivity index (χ4n) is 1.75. The topological polar surface area (TPSA) is 72.2 Å². The van der Waals surface area contributed by atoms with E-state index in [-0.39, 0.29) is 4.21 Å². The van der Waals surface area contributed by atoms with Crippen molar-refractivity contribution in [2.75, 3.05) is 0 Å². The molecule has 7 heteroatoms. The van der Waals surface area contributed by atoms with Crippen LogP contribution in [0.15, 0.2) is 40.6 Å². The quantitative estimate of drug-likeness (QED) is 0.890. The van der Waals surface area contributed by atoms with Crippen LogP contribution in [0.25, 0.3) is 0 Å². The van der Waals surface area contributed by atoms with Crippen molar-refractivity contribution in [1.82, 2.24) is 4.72 Å². The molecule has 1 atom stereocenters. The Morgan fingerprint density at radius 2 is 2.10 bits per heavy atom. The Balaban J connectivity index is 2.19. The van der Waals surface area contributed by atoms with Crippen LogP contribution in [0.4, 0.5) is 4.39 Å². The van der Waals surface area contributed by atoms with E-state index in [1.54, 1.807) is 25.1 Å². The van der Waals surface area contributed by atoms with Crippen molar-refractivity contribution in [3.63, 3.8) is 0 Å². The second-order valence-electron chi connectivity index (χ2n) is 4.32. The molecule has 1 aromatic carbocycles. The van der Waals surface area contributed by atoms with Crippen LogP contribution in [-0.2, 0) is 16.6 Å². The first kappa shape index (κ1) is 15.1. The molecule has 0 aliphatic carbocycles. The lowest BCUT2D eigenvalue weighted by molar-refractivity contribution is 0.566. The molecular formula is C13H15FN2O2S2. The summed E-state index contributed by atoms with van der Waals surface area (Å²) in [5.74, 6) is -0.393. The first-order chi connectivity index (χ1) is 9.42. The predicted octanol–water partition coefficient (Wildman–Crippen LogP) is 2.39. The number of nitrogens with two attached hydrogens (primary N) is 1. The van der Waals surface area contributed by atoms with E-state index in [1.807, 2.05) is 0 Å². The molecule has 0 spiro atoms. The van der Waals surface area contributed by atoms with Gasteiger partial charge in [0.15, 0.2) is 0 Å². The summed E-state index contributed by atoms with van der Waals surface area (Å²) in [5, 5.41) is 0. The summed E-state index contributed by atoms with van der Waals surface area (Å²) in [7, 11) is -3.62. The smallest absolute Gasteiger partial charge is 0.250 e. The van der Waals surface area contributed by atoms with E-state index in [0.29, 0.717) is 12.1 Å². The SMILES string of the molecule is CC(NS(=O)(=O)c1ccc(CN)s1)c1cccc(F)c1. The maximum absolute atomic E-state index is 13.1. The summed E-state index contributed by atoms with van der Waals surface area (Å²) in [4.78, 5) is 0.795. The molecule has 2 aromatic rings. The number of benzene rings is 1. The number of halogens is 1. The Bertz CT molecular complexity index is 698. The van der Waals surface area contributed by atoms with Gasteiger partial charge >= 0.3 is 0 Å². The monoisotopic (exact) mass is 314 g/mol. The second-order valence-corrected chi connectivity index (χ2v) is 7.43. The predicted molar refractivity (Wildman–Crippen MR) is 77.3 cm³/mol. The van der Waals surface area contributed by atoms with Gasteiger partial charge in [0.25, 0.3) is 10.0 Å². The fraction of sp³-hybridized carbons (Fsp3) is 0.231. The molecule has 0 saturated carbocycles. The van der Waals surface area contributed by atoms with Gasteiger partial charge in [0.1, 0.15) is 10.0 Å². The van der Waals surface area contributed by atoms with Gasteiger partial charge < -0.3 is 5.73 Å². The lowest BCUT2D eigenvalue weighted by Crippen LogP contribution is -2.26. The van der Waals surface area contributed by atoms with Crippen molar-refractivity contribution in [2.45, 2.75) is 23.7 Å². The minimum Gasteiger partial charge on any atom is -0.326 e. The summed E-state index contributed by atoms with van der Waals surface area (Å²) in [5.41, 5.74) is 6.04. The van der Waals surface area contributed by atoms with Crippen molar-refractivity contribution in [3.05, 3.63) is 52.7 Å². The molecule has 0 radical (unpaired) electrons. The number of hydrogen-bond acceptors (Lipinski definition) is 4. The van der Waals surface area contributed by atoms with Crippen molar-refractivity contribution >= 4 is 21.4 Å². The highest BCUT2D eigenvalue weighted by atomic mass is 32.2. The Kier molecular flexibility index (Phi) is 4.54. The van der Waals surface area contributed by atoms with E-state index < -0.39 is 21.9 Å². The number of hydrogen-bond donors (Lipinski definition) is 2. The number of thiophene rings is 1. The molecule has 3 N–H and O–H groups in total. The zero-order valence-corrected chi connectivity index (χ0v) is 12.5. The molecule has 20 heavy (non-hydrogen) atoms. The normalized spacial score (nSPS) is 13.3. The minimum absolute atomic E-state index is 0.209. The number of sulfonamides is 1. The molecule has 0 aliphatic heterocycles. The molecule has 4 nitrogen and oxygen atoms in total. The molecule has 0 bridgehead atoms. The average molecular weight is 314 g/mol. The molecule has 0 saturated heterocycles. The van der Waals surface area contributed by atoms with Crippen LogP contribution >= 0.6 is 11.3 Å². The maximum atomic E-state index is 13.1. The summed E-state index contributed by atoms with van der Waals surface area (Å²) >= 11 is 1.13. The van der Waals surface area contributed by atoms with Crippen LogP contribution < -0.4 is 10.5 Å². The molecule has 2 rings (SSSR count). The lowest BCUT2D eigenvalue weighted by atomic mass is 10.1. The highest BCUT2D eigenvalue weighted by Gasteiger charge is 2.20. The van der Waals surface area contributed by atoms with E-state index in [2.05, 4.69) is 4.72 Å². The average Bonchev–Trinajstić information content (AvgIpc) is 2.87. The van der Waals surface area contributed by atoms with Crippen molar-refractivity contribution in [2.24, 2.45) is 5.73 Å². The molecule has 1 unspecified atom stereocenters. The minimum atomic E-state index is -3.62. The first-order valence-electron chi connectivity index (χ1n) is 5.99. The van der Waals surface area contributed by atoms with Crippen LogP contribution in [0.5, 0.6) is 0 Å². The second kappa shape index (κ2) is 6.01. The van der Waals surface area contributed by atoms with Crippen LogP contribution in [0.3, 0.4) is 0 Å². The first-order valence-corrected chi connectivity index (χ1v) is 8.29. The van der Waals surface area contributed by atoms with Gasteiger partial charge in [0, 0.05) is 17.5 Å². The molecule has 1 heterocycles. The van der Waals surface area contributed by atoms with E-state index in [0.717, 1.165) is 16.2 Å². The lowest BCUT2D eigenvalue weighted by Gasteiger charge is -2.13. The van der Waals surface area contributed by atoms with Gasteiger partial charge in [-0.15, -0.1) is 11.3 Å². The molecule has 0 aliphatic rings. The third kappa shape index (κ3) is 3.43. The van der Waals surface area contributed by atoms with E-state index in [1.165, 1.54) is 18.2 Å². The van der Waals surface area contributed by atoms with E-state index >= 15 is 0 Å². The van der Waals surface area contributed by atoms with Crippen molar-refractivity contribution < 1.29 is 12.8 Å². The molecule has 0 amide bonds. The van der Waals surface area contributed by atoms with Crippen LogP contribution in [0, 0.1) is 5.82 Å². The van der Waals surface area contributed by atoms with Crippen LogP contribution in [-0.4, -0.2) is 8.42 Å². The fourth-order valence-corrected chi connectivity index (χ4v) is 4.23. The van der Waals surface area contributed by atoms with E-state index in [4.69, 9.17) is 5.73 Å². The van der Waals surface area contributed by atoms with Gasteiger partial charge in [-0.05, 0) is 36.8 Å². The summed E-state index contributed by atoms with van der Waals surface area (Å²) in [6, 6.07) is 8.55. The van der Waals surface area contributed by atoms with Gasteiger partial charge in [-0.25, -0.2) is 17.5 Å². The molecule has 108 valence electrons. The Labute approximate surface area is 121 Å². The molecular weight excluding hydrogens is 299 g/mol. The van der Waals surface area contributed by atoms with Gasteiger partial charge in [-0.3, -0.25) is 0 Å². The largest absolute Gasteiger partial charge is 0.326 e. The van der Waals surface area contributed by atoms with Crippen LogP contribution in [0.2, 0.25) is 0 Å². The summed E-state index contributed by atoms with van der Waals surface area (Å²) in [6.45, 7) is 1.98. The van der Waals surface area contributed by atoms with Gasteiger partial charge in [-0.2, -0.15) is 0 Å². The number of nitrogens with one attached hydrogen (secondary N) is 1. The Morgan fingerprint density at radius 3 is 2.70 bits per heavy atom. The standard InChI is InChI=1S/C13H15FN2O2S2/c1-9(10-3-2-4-11(14)7-10)16-20(17,18)13-6-5-12(8-15)19-13/h2-7,9,16H,8,15H2,1H3. The van der Waals surface area contributed by atoms with Crippen LogP contribution in [0.1, 0.15) is 23.4 Å². The van der Waals surface area contributed by atoms with E-state index in [9.17, 15) is 12.8 Å². The highest BCUT2D eigenvalue weighted by molar-refractivity contribution is 7.91. The molecule has 1 aromatic heterocycles. The third-order valence-corrected chi connectivity index (χ3v) is 5.92. The zero-order chi connectivity index (χ0) is 14.8. The highest BCUT2D eigenvalue weighted by Crippen LogP contribution is 2.23. The van der Waals surface area contributed by atoms with Crippen molar-refractivity contribution in [3.8, 4) is 0 Å². The van der Waals surface area contributed by atoms with Gasteiger partial charge in [0.2, 0.25) is 0 Å². The molecule has 0 fully saturated rings.